The molecule has 0 radical (unpaired) electrons. The first kappa shape index (κ1) is 23.4. The number of halogens is 1. The second-order valence-electron chi connectivity index (χ2n) is 9.91. The summed E-state index contributed by atoms with van der Waals surface area (Å²) in [5, 5.41) is 0. The summed E-state index contributed by atoms with van der Waals surface area (Å²) in [6.07, 6.45) is 9.89. The molecule has 0 amide bonds. The van der Waals surface area contributed by atoms with Crippen molar-refractivity contribution in [2.45, 2.75) is 65.8 Å². The van der Waals surface area contributed by atoms with E-state index in [1.807, 2.05) is 6.07 Å². The van der Waals surface area contributed by atoms with Crippen LogP contribution in [0.4, 0.5) is 10.1 Å². The van der Waals surface area contributed by atoms with E-state index in [2.05, 4.69) is 50.4 Å². The van der Waals surface area contributed by atoms with Crippen molar-refractivity contribution >= 4 is 23.2 Å². The summed E-state index contributed by atoms with van der Waals surface area (Å²) in [6, 6.07) is 7.81. The van der Waals surface area contributed by atoms with Gasteiger partial charge in [0.05, 0.1) is 11.7 Å². The van der Waals surface area contributed by atoms with Crippen LogP contribution in [0.15, 0.2) is 30.3 Å². The van der Waals surface area contributed by atoms with Gasteiger partial charge in [0.25, 0.3) is 0 Å². The van der Waals surface area contributed by atoms with Gasteiger partial charge in [0, 0.05) is 25.5 Å². The smallest absolute Gasteiger partial charge is 0.123 e. The van der Waals surface area contributed by atoms with E-state index in [0.29, 0.717) is 12.0 Å². The molecule has 1 aliphatic heterocycles. The Morgan fingerprint density at radius 2 is 1.97 bits per heavy atom. The molecule has 1 aliphatic carbocycles. The van der Waals surface area contributed by atoms with Gasteiger partial charge < -0.3 is 9.04 Å². The van der Waals surface area contributed by atoms with E-state index in [1.54, 1.807) is 31.2 Å². The van der Waals surface area contributed by atoms with Gasteiger partial charge in [-0.25, -0.2) is 4.39 Å². The lowest BCUT2D eigenvalue weighted by Gasteiger charge is -2.41. The summed E-state index contributed by atoms with van der Waals surface area (Å²) in [7, 11) is 1.73. The predicted molar refractivity (Wildman–Crippen MR) is 137 cm³/mol. The van der Waals surface area contributed by atoms with E-state index in [9.17, 15) is 4.39 Å². The largest absolute Gasteiger partial charge is 0.385 e. The Labute approximate surface area is 197 Å². The van der Waals surface area contributed by atoms with Crippen molar-refractivity contribution in [2.24, 2.45) is 5.41 Å². The Morgan fingerprint density at radius 3 is 2.59 bits per heavy atom. The number of hydrogen-bond acceptors (Lipinski definition) is 3. The lowest BCUT2D eigenvalue weighted by molar-refractivity contribution is 0.188. The summed E-state index contributed by atoms with van der Waals surface area (Å²) in [4.78, 5) is 0. The summed E-state index contributed by atoms with van der Waals surface area (Å²) >= 11 is 1.73. The summed E-state index contributed by atoms with van der Waals surface area (Å²) in [5.74, 6) is -0.171. The van der Waals surface area contributed by atoms with Crippen LogP contribution in [0.25, 0.3) is 16.7 Å². The molecule has 1 atom stereocenters. The Morgan fingerprint density at radius 1 is 1.19 bits per heavy atom. The zero-order chi connectivity index (χ0) is 23.0. The van der Waals surface area contributed by atoms with E-state index < -0.39 is 0 Å². The van der Waals surface area contributed by atoms with E-state index in [0.717, 1.165) is 36.8 Å². The van der Waals surface area contributed by atoms with Crippen LogP contribution < -0.4 is 4.31 Å². The van der Waals surface area contributed by atoms with E-state index in [4.69, 9.17) is 4.74 Å². The van der Waals surface area contributed by atoms with Crippen molar-refractivity contribution in [3.8, 4) is 11.1 Å². The number of allylic oxidation sites excluding steroid dienone is 2. The third kappa shape index (κ3) is 4.12. The van der Waals surface area contributed by atoms with Gasteiger partial charge in [0.1, 0.15) is 5.82 Å². The third-order valence-electron chi connectivity index (χ3n) is 7.31. The van der Waals surface area contributed by atoms with E-state index >= 15 is 0 Å². The van der Waals surface area contributed by atoms with Crippen molar-refractivity contribution < 1.29 is 9.13 Å². The number of nitrogens with zero attached hydrogens (tertiary/aromatic N) is 1. The molecule has 2 aliphatic rings. The van der Waals surface area contributed by atoms with E-state index in [1.165, 1.54) is 39.9 Å². The van der Waals surface area contributed by atoms with Crippen LogP contribution in [0.1, 0.15) is 74.8 Å². The van der Waals surface area contributed by atoms with Gasteiger partial charge in [0.15, 0.2) is 0 Å². The lowest BCUT2D eigenvalue weighted by Crippen LogP contribution is -2.28. The highest BCUT2D eigenvalue weighted by Gasteiger charge is 2.34. The Balaban J connectivity index is 1.94. The van der Waals surface area contributed by atoms with Gasteiger partial charge in [-0.05, 0) is 96.0 Å². The Bertz CT molecular complexity index is 1040. The van der Waals surface area contributed by atoms with Crippen molar-refractivity contribution in [3.63, 3.8) is 0 Å². The molecule has 0 spiro atoms. The summed E-state index contributed by atoms with van der Waals surface area (Å²) < 4.78 is 22.2. The van der Waals surface area contributed by atoms with Gasteiger partial charge in [-0.3, -0.25) is 0 Å². The van der Waals surface area contributed by atoms with Gasteiger partial charge in [0.2, 0.25) is 0 Å². The van der Waals surface area contributed by atoms with Gasteiger partial charge in [-0.1, -0.05) is 44.9 Å². The number of anilines is 1. The molecule has 1 heterocycles. The first-order valence-corrected chi connectivity index (χ1v) is 13.0. The van der Waals surface area contributed by atoms with Crippen LogP contribution in [-0.2, 0) is 11.2 Å². The highest BCUT2D eigenvalue weighted by molar-refractivity contribution is 8.00. The van der Waals surface area contributed by atoms with Crippen molar-refractivity contribution in [1.82, 2.24) is 0 Å². The average Bonchev–Trinajstić information content (AvgIpc) is 2.77. The van der Waals surface area contributed by atoms with E-state index in [-0.39, 0.29) is 11.9 Å². The van der Waals surface area contributed by atoms with Crippen LogP contribution >= 0.6 is 11.9 Å². The topological polar surface area (TPSA) is 12.5 Å². The molecule has 0 aromatic heterocycles. The fraction of sp³-hybridized carbons (Fsp3) is 0.500. The van der Waals surface area contributed by atoms with Crippen LogP contribution in [-0.4, -0.2) is 20.0 Å². The molecule has 0 saturated heterocycles. The average molecular weight is 454 g/mol. The van der Waals surface area contributed by atoms with Gasteiger partial charge in [-0.15, -0.1) is 0 Å². The molecule has 0 saturated carbocycles. The maximum atomic E-state index is 14.4. The molecule has 2 aromatic rings. The maximum absolute atomic E-state index is 14.4. The number of fused-ring (bicyclic) bond motifs is 3. The monoisotopic (exact) mass is 453 g/mol. The number of ether oxygens (including phenoxy) is 1. The van der Waals surface area contributed by atoms with Crippen LogP contribution in [0, 0.1) is 18.2 Å². The molecular weight excluding hydrogens is 417 g/mol. The van der Waals surface area contributed by atoms with Gasteiger partial charge in [-0.2, -0.15) is 0 Å². The lowest BCUT2D eigenvalue weighted by atomic mass is 9.75. The molecule has 0 bridgehead atoms. The highest BCUT2D eigenvalue weighted by atomic mass is 32.2. The number of rotatable bonds is 6. The summed E-state index contributed by atoms with van der Waals surface area (Å²) in [5.41, 5.74) is 10.8. The standard InChI is InChI=1S/C28H36FNOS/c1-7-21-18(2)27-25(17-23(21)19-10-13-28(3,4)14-11-19)22-9-8-20(29)16-24(22)26(12-15-31-5)30(27)32-6/h8-10,16-17,26H,7,11-15H2,1-6H3/t26-/m0/s1. The normalized spacial score (nSPS) is 19.4. The fourth-order valence-electron chi connectivity index (χ4n) is 5.46. The molecule has 0 N–H and O–H groups in total. The molecule has 0 fully saturated rings. The number of methoxy groups -OCH3 is 1. The van der Waals surface area contributed by atoms with Crippen LogP contribution in [0.2, 0.25) is 0 Å². The molecule has 4 heteroatoms. The second kappa shape index (κ2) is 9.23. The number of hydrogen-bond donors (Lipinski definition) is 0. The SMILES string of the molecule is CCc1c(C2=CCC(C)(C)CC2)cc2c(c1C)N(SC)[C@@H](CCOC)c1cc(F)ccc1-2. The molecule has 172 valence electrons. The summed E-state index contributed by atoms with van der Waals surface area (Å²) in [6.45, 7) is 9.91. The molecule has 2 aromatic carbocycles. The molecule has 4 rings (SSSR count). The molecular formula is C28H36FNOS. The minimum Gasteiger partial charge on any atom is -0.385 e. The predicted octanol–water partition coefficient (Wildman–Crippen LogP) is 8.13. The first-order chi connectivity index (χ1) is 15.3. The second-order valence-corrected chi connectivity index (χ2v) is 10.7. The quantitative estimate of drug-likeness (QED) is 0.410. The third-order valence-corrected chi connectivity index (χ3v) is 8.14. The van der Waals surface area contributed by atoms with Crippen molar-refractivity contribution in [1.29, 1.82) is 0 Å². The fourth-order valence-corrected chi connectivity index (χ4v) is 6.35. The molecule has 2 nitrogen and oxygen atoms in total. The first-order valence-electron chi connectivity index (χ1n) is 11.8. The Kier molecular flexibility index (Phi) is 6.74. The van der Waals surface area contributed by atoms with Crippen molar-refractivity contribution in [3.05, 3.63) is 58.4 Å². The molecule has 32 heavy (non-hydrogen) atoms. The number of benzene rings is 2. The van der Waals surface area contributed by atoms with Crippen molar-refractivity contribution in [2.75, 3.05) is 24.3 Å². The van der Waals surface area contributed by atoms with Crippen LogP contribution in [0.5, 0.6) is 0 Å². The minimum atomic E-state index is -0.171. The van der Waals surface area contributed by atoms with Crippen LogP contribution in [0.3, 0.4) is 0 Å². The maximum Gasteiger partial charge on any atom is 0.123 e. The molecule has 0 unspecified atom stereocenters. The highest BCUT2D eigenvalue weighted by Crippen LogP contribution is 2.52. The van der Waals surface area contributed by atoms with Gasteiger partial charge >= 0.3 is 0 Å². The zero-order valence-electron chi connectivity index (χ0n) is 20.3. The Hall–Kier alpha value is -1.78. The minimum absolute atomic E-state index is 0.0899. The zero-order valence-corrected chi connectivity index (χ0v) is 21.2.